The fourth-order valence-corrected chi connectivity index (χ4v) is 12.1. The molecule has 6 fully saturated rings. The summed E-state index contributed by atoms with van der Waals surface area (Å²) in [4.78, 5) is 34.1. The van der Waals surface area contributed by atoms with E-state index in [0.717, 1.165) is 44.1 Å². The Bertz CT molecular complexity index is 1420. The predicted molar refractivity (Wildman–Crippen MR) is 193 cm³/mol. The summed E-state index contributed by atoms with van der Waals surface area (Å²) in [6.07, 6.45) is 0.602. The summed E-state index contributed by atoms with van der Waals surface area (Å²) in [7, 11) is 0. The number of aldehydes is 2. The number of carbonyl (C=O) groups is 3. The van der Waals surface area contributed by atoms with E-state index in [0.29, 0.717) is 31.3 Å². The highest BCUT2D eigenvalue weighted by molar-refractivity contribution is 5.85. The number of esters is 1. The van der Waals surface area contributed by atoms with E-state index in [1.165, 1.54) is 6.92 Å². The van der Waals surface area contributed by atoms with E-state index in [9.17, 15) is 34.8 Å². The first-order valence-corrected chi connectivity index (χ1v) is 20.6. The van der Waals surface area contributed by atoms with Crippen molar-refractivity contribution in [3.05, 3.63) is 11.6 Å². The van der Waals surface area contributed by atoms with Gasteiger partial charge in [0, 0.05) is 24.3 Å². The first kappa shape index (κ1) is 41.3. The molecule has 3 unspecified atom stereocenters. The van der Waals surface area contributed by atoms with Gasteiger partial charge in [-0.2, -0.15) is 0 Å². The van der Waals surface area contributed by atoms with Crippen LogP contribution in [-0.4, -0.2) is 125 Å². The van der Waals surface area contributed by atoms with Crippen LogP contribution in [0.4, 0.5) is 0 Å². The summed E-state index contributed by atoms with van der Waals surface area (Å²) in [6, 6.07) is 0. The van der Waals surface area contributed by atoms with Crippen LogP contribution in [0.3, 0.4) is 0 Å². The maximum Gasteiger partial charge on any atom is 0.331 e. The molecule has 19 atom stereocenters. The standard InChI is InChI=1S/C41H62O14/c1-21(19-43)50-34(10-13-42)54-37-22(2)52-36(18-31(37)45)55-38-23(3)51-35(17-30(38)44)53-26-8-11-39(4)25(15-26)6-7-28-29(39)16-32(46)40(5)27(9-12-41(28,40)48)24-14-33(47)49-20-24/h13-14,19,21-23,25-32,34-38,44-46,48H,6-12,15-18,20H2,1-5H3/t21-,22-,23-,25?,26-,27+,28?,29?,30-,31-,32-,34-,35-,36-,37+,38+,39-,40-,41-/m0/s1. The molecule has 0 aromatic heterocycles. The molecule has 4 aliphatic carbocycles. The SMILES string of the molecule is C[C@@H]1O[C@@H](O[C@H]2CC[C@@]3(C)C(CCC4C3C[C@H](O)[C@]3(C)[C@@H](C5=CC(=O)OC5)CC[C@]43O)C2)C[C@H](O)[C@@H]1O[C@H]1C[C@H](O)[C@H](O[C@@H](CC=O)O[C@@H](C)C=O)[C@H](C)O1. The van der Waals surface area contributed by atoms with Gasteiger partial charge in [-0.05, 0) is 107 Å². The Kier molecular flexibility index (Phi) is 12.1. The molecular formula is C41H62O14. The average Bonchev–Trinajstić information content (AvgIpc) is 3.68. The van der Waals surface area contributed by atoms with Gasteiger partial charge in [-0.25, -0.2) is 4.79 Å². The van der Waals surface area contributed by atoms with Gasteiger partial charge in [0.15, 0.2) is 18.9 Å². The first-order valence-electron chi connectivity index (χ1n) is 20.6. The van der Waals surface area contributed by atoms with Crippen molar-refractivity contribution in [1.82, 2.24) is 0 Å². The maximum atomic E-state index is 12.6. The third kappa shape index (κ3) is 7.51. The molecule has 0 aromatic rings. The Labute approximate surface area is 323 Å². The van der Waals surface area contributed by atoms with Crippen LogP contribution in [0.5, 0.6) is 0 Å². The summed E-state index contributed by atoms with van der Waals surface area (Å²) >= 11 is 0. The van der Waals surface area contributed by atoms with Gasteiger partial charge in [0.05, 0.1) is 48.6 Å². The van der Waals surface area contributed by atoms with Gasteiger partial charge in [-0.3, -0.25) is 0 Å². The van der Waals surface area contributed by atoms with Crippen LogP contribution in [0.25, 0.3) is 0 Å². The average molecular weight is 779 g/mol. The van der Waals surface area contributed by atoms with Crippen LogP contribution in [0.2, 0.25) is 0 Å². The van der Waals surface area contributed by atoms with Crippen molar-refractivity contribution in [2.45, 2.75) is 185 Å². The molecule has 0 amide bonds. The lowest BCUT2D eigenvalue weighted by Crippen LogP contribution is -2.67. The number of hydrogen-bond donors (Lipinski definition) is 4. The molecule has 3 aliphatic heterocycles. The summed E-state index contributed by atoms with van der Waals surface area (Å²) in [5.74, 6) is 0.168. The minimum Gasteiger partial charge on any atom is -0.458 e. The van der Waals surface area contributed by atoms with Crippen molar-refractivity contribution in [3.8, 4) is 0 Å². The zero-order valence-electron chi connectivity index (χ0n) is 32.8. The monoisotopic (exact) mass is 778 g/mol. The van der Waals surface area contributed by atoms with Crippen molar-refractivity contribution < 1.29 is 68.0 Å². The summed E-state index contributed by atoms with van der Waals surface area (Å²) in [5.41, 5.74) is -0.919. The molecule has 7 rings (SSSR count). The van der Waals surface area contributed by atoms with Gasteiger partial charge >= 0.3 is 5.97 Å². The van der Waals surface area contributed by atoms with E-state index in [1.807, 2.05) is 13.8 Å². The van der Waals surface area contributed by atoms with Crippen LogP contribution < -0.4 is 0 Å². The minimum atomic E-state index is -1.02. The van der Waals surface area contributed by atoms with E-state index in [4.69, 9.17) is 33.2 Å². The zero-order valence-corrected chi connectivity index (χ0v) is 32.8. The number of ether oxygens (including phenoxy) is 7. The van der Waals surface area contributed by atoms with Crippen molar-refractivity contribution >= 4 is 18.5 Å². The highest BCUT2D eigenvalue weighted by Gasteiger charge is 2.71. The summed E-state index contributed by atoms with van der Waals surface area (Å²) in [6.45, 7) is 9.68. The quantitative estimate of drug-likeness (QED) is 0.0977. The molecular weight excluding hydrogens is 716 g/mol. The lowest BCUT2D eigenvalue weighted by molar-refractivity contribution is -0.328. The van der Waals surface area contributed by atoms with Crippen LogP contribution >= 0.6 is 0 Å². The Morgan fingerprint density at radius 3 is 2.22 bits per heavy atom. The second kappa shape index (κ2) is 16.1. The second-order valence-electron chi connectivity index (χ2n) is 18.1. The van der Waals surface area contributed by atoms with Crippen molar-refractivity contribution in [2.24, 2.45) is 34.5 Å². The van der Waals surface area contributed by atoms with Crippen molar-refractivity contribution in [2.75, 3.05) is 6.61 Å². The van der Waals surface area contributed by atoms with Crippen LogP contribution in [-0.2, 0) is 47.5 Å². The third-order valence-electron chi connectivity index (χ3n) is 15.1. The maximum absolute atomic E-state index is 12.6. The fraction of sp³-hybridized carbons (Fsp3) is 0.878. The number of carbonyl (C=O) groups excluding carboxylic acids is 3. The molecule has 4 N–H and O–H groups in total. The van der Waals surface area contributed by atoms with Gasteiger partial charge in [-0.15, -0.1) is 0 Å². The Morgan fingerprint density at radius 2 is 1.58 bits per heavy atom. The lowest BCUT2D eigenvalue weighted by Gasteiger charge is -2.65. The first-order chi connectivity index (χ1) is 26.1. The lowest BCUT2D eigenvalue weighted by atomic mass is 9.42. The van der Waals surface area contributed by atoms with Gasteiger partial charge in [0.2, 0.25) is 0 Å². The summed E-state index contributed by atoms with van der Waals surface area (Å²) < 4.78 is 41.6. The molecule has 0 bridgehead atoms. The van der Waals surface area contributed by atoms with E-state index in [-0.39, 0.29) is 61.1 Å². The molecule has 3 heterocycles. The summed E-state index contributed by atoms with van der Waals surface area (Å²) in [5, 5.41) is 46.6. The zero-order chi connectivity index (χ0) is 39.4. The number of fused-ring (bicyclic) bond motifs is 5. The van der Waals surface area contributed by atoms with Crippen molar-refractivity contribution in [3.63, 3.8) is 0 Å². The van der Waals surface area contributed by atoms with Crippen molar-refractivity contribution in [1.29, 1.82) is 0 Å². The number of aliphatic hydroxyl groups is 4. The Hall–Kier alpha value is -1.85. The van der Waals surface area contributed by atoms with E-state index in [1.54, 1.807) is 13.0 Å². The molecule has 55 heavy (non-hydrogen) atoms. The van der Waals surface area contributed by atoms with Crippen LogP contribution in [0.15, 0.2) is 11.6 Å². The predicted octanol–water partition coefficient (Wildman–Crippen LogP) is 2.88. The highest BCUT2D eigenvalue weighted by Crippen LogP contribution is 2.70. The molecule has 14 heteroatoms. The Balaban J connectivity index is 0.918. The normalized spacial score (nSPS) is 49.5. The largest absolute Gasteiger partial charge is 0.458 e. The number of aliphatic hydroxyl groups excluding tert-OH is 3. The van der Waals surface area contributed by atoms with Crippen LogP contribution in [0, 0.1) is 34.5 Å². The molecule has 310 valence electrons. The minimum absolute atomic E-state index is 0.0499. The molecule has 14 nitrogen and oxygen atoms in total. The van der Waals surface area contributed by atoms with Gasteiger partial charge in [-0.1, -0.05) is 13.8 Å². The molecule has 7 aliphatic rings. The molecule has 0 radical (unpaired) electrons. The number of cyclic esters (lactones) is 1. The van der Waals surface area contributed by atoms with Crippen LogP contribution in [0.1, 0.15) is 105 Å². The highest BCUT2D eigenvalue weighted by atomic mass is 16.7. The van der Waals surface area contributed by atoms with Gasteiger partial charge < -0.3 is 63.2 Å². The second-order valence-corrected chi connectivity index (χ2v) is 18.1. The molecule has 4 saturated carbocycles. The number of hydrogen-bond acceptors (Lipinski definition) is 14. The van der Waals surface area contributed by atoms with Gasteiger partial charge in [0.25, 0.3) is 0 Å². The molecule has 0 spiro atoms. The molecule has 0 aromatic carbocycles. The third-order valence-corrected chi connectivity index (χ3v) is 15.1. The van der Waals surface area contributed by atoms with Gasteiger partial charge in [0.1, 0.15) is 37.5 Å². The van der Waals surface area contributed by atoms with E-state index >= 15 is 0 Å². The number of rotatable bonds is 12. The smallest absolute Gasteiger partial charge is 0.331 e. The fourth-order valence-electron chi connectivity index (χ4n) is 12.1. The van der Waals surface area contributed by atoms with E-state index in [2.05, 4.69) is 6.92 Å². The topological polar surface area (TPSA) is 197 Å². The van der Waals surface area contributed by atoms with E-state index < -0.39 is 78.7 Å². The Morgan fingerprint density at radius 1 is 0.891 bits per heavy atom. The molecule has 2 saturated heterocycles.